The van der Waals surface area contributed by atoms with Crippen LogP contribution in [0, 0.1) is 6.92 Å². The lowest BCUT2D eigenvalue weighted by molar-refractivity contribution is -0.127. The second-order valence-electron chi connectivity index (χ2n) is 7.20. The summed E-state index contributed by atoms with van der Waals surface area (Å²) in [6, 6.07) is 13.8. The first-order valence-electron chi connectivity index (χ1n) is 10.2. The van der Waals surface area contributed by atoms with Gasteiger partial charge in [-0.3, -0.25) is 4.79 Å². The van der Waals surface area contributed by atoms with Gasteiger partial charge in [0.2, 0.25) is 10.0 Å². The number of benzene rings is 2. The molecule has 1 amide bonds. The predicted molar refractivity (Wildman–Crippen MR) is 116 cm³/mol. The van der Waals surface area contributed by atoms with E-state index in [2.05, 4.69) is 5.32 Å². The summed E-state index contributed by atoms with van der Waals surface area (Å²) in [5.74, 6) is 0.923. The number of rotatable bonds is 9. The predicted octanol–water partition coefficient (Wildman–Crippen LogP) is 1.98. The van der Waals surface area contributed by atoms with E-state index in [1.165, 1.54) is 16.4 Å². The van der Waals surface area contributed by atoms with Crippen LogP contribution in [0.25, 0.3) is 0 Å². The van der Waals surface area contributed by atoms with Crippen LogP contribution in [0.2, 0.25) is 0 Å². The summed E-state index contributed by atoms with van der Waals surface area (Å²) in [7, 11) is -3.53. The maximum atomic E-state index is 12.6. The van der Waals surface area contributed by atoms with Crippen molar-refractivity contribution in [2.45, 2.75) is 24.8 Å². The number of aryl methyl sites for hydroxylation is 1. The summed E-state index contributed by atoms with van der Waals surface area (Å²) < 4.78 is 43.1. The molecular weight excluding hydrogens is 420 g/mol. The molecule has 1 N–H and O–H groups in total. The topological polar surface area (TPSA) is 94.2 Å². The van der Waals surface area contributed by atoms with Crippen molar-refractivity contribution in [1.82, 2.24) is 9.62 Å². The molecule has 0 bridgehead atoms. The van der Waals surface area contributed by atoms with Crippen LogP contribution in [-0.2, 0) is 19.6 Å². The molecule has 1 aliphatic heterocycles. The molecule has 168 valence electrons. The van der Waals surface area contributed by atoms with Gasteiger partial charge in [0.15, 0.2) is 6.10 Å². The molecule has 8 nitrogen and oxygen atoms in total. The Morgan fingerprint density at radius 2 is 1.68 bits per heavy atom. The van der Waals surface area contributed by atoms with Crippen molar-refractivity contribution >= 4 is 15.9 Å². The average molecular weight is 449 g/mol. The fourth-order valence-corrected chi connectivity index (χ4v) is 4.41. The molecule has 1 heterocycles. The van der Waals surface area contributed by atoms with Crippen LogP contribution < -0.4 is 14.8 Å². The Morgan fingerprint density at radius 1 is 1.06 bits per heavy atom. The van der Waals surface area contributed by atoms with Crippen molar-refractivity contribution in [3.8, 4) is 11.5 Å². The van der Waals surface area contributed by atoms with Crippen LogP contribution in [-0.4, -0.2) is 64.2 Å². The highest BCUT2D eigenvalue weighted by molar-refractivity contribution is 7.89. The molecule has 0 aromatic heterocycles. The fraction of sp³-hybridized carbons (Fsp3) is 0.409. The number of amides is 1. The molecule has 2 aromatic rings. The van der Waals surface area contributed by atoms with Gasteiger partial charge in [-0.1, -0.05) is 17.7 Å². The van der Waals surface area contributed by atoms with Gasteiger partial charge in [-0.2, -0.15) is 4.31 Å². The first-order valence-corrected chi connectivity index (χ1v) is 11.6. The van der Waals surface area contributed by atoms with Crippen LogP contribution in [0.15, 0.2) is 53.4 Å². The van der Waals surface area contributed by atoms with E-state index in [4.69, 9.17) is 14.2 Å². The monoisotopic (exact) mass is 448 g/mol. The Bertz CT molecular complexity index is 955. The zero-order valence-corrected chi connectivity index (χ0v) is 18.6. The normalized spacial score (nSPS) is 15.8. The van der Waals surface area contributed by atoms with Gasteiger partial charge >= 0.3 is 0 Å². The highest BCUT2D eigenvalue weighted by Gasteiger charge is 2.26. The van der Waals surface area contributed by atoms with Crippen molar-refractivity contribution in [1.29, 1.82) is 0 Å². The number of nitrogens with one attached hydrogen (secondary N) is 1. The van der Waals surface area contributed by atoms with Gasteiger partial charge in [0.25, 0.3) is 5.91 Å². The largest absolute Gasteiger partial charge is 0.492 e. The van der Waals surface area contributed by atoms with Crippen molar-refractivity contribution < 1.29 is 27.4 Å². The average Bonchev–Trinajstić information content (AvgIpc) is 2.79. The van der Waals surface area contributed by atoms with Crippen molar-refractivity contribution in [3.63, 3.8) is 0 Å². The van der Waals surface area contributed by atoms with Gasteiger partial charge in [0.05, 0.1) is 24.7 Å². The van der Waals surface area contributed by atoms with Gasteiger partial charge in [0.1, 0.15) is 18.1 Å². The first-order chi connectivity index (χ1) is 14.9. The van der Waals surface area contributed by atoms with Crippen LogP contribution >= 0.6 is 0 Å². The molecule has 1 aliphatic rings. The lowest BCUT2D eigenvalue weighted by Gasteiger charge is -2.26. The molecular formula is C22H28N2O6S. The Morgan fingerprint density at radius 3 is 2.32 bits per heavy atom. The molecule has 1 saturated heterocycles. The molecule has 31 heavy (non-hydrogen) atoms. The van der Waals surface area contributed by atoms with Gasteiger partial charge < -0.3 is 19.5 Å². The van der Waals surface area contributed by atoms with Crippen molar-refractivity contribution in [2.24, 2.45) is 0 Å². The van der Waals surface area contributed by atoms with Crippen LogP contribution in [0.5, 0.6) is 11.5 Å². The number of hydrogen-bond acceptors (Lipinski definition) is 6. The van der Waals surface area contributed by atoms with Gasteiger partial charge in [-0.25, -0.2) is 8.42 Å². The van der Waals surface area contributed by atoms with E-state index in [1.807, 2.05) is 31.2 Å². The van der Waals surface area contributed by atoms with Gasteiger partial charge in [0, 0.05) is 13.1 Å². The zero-order valence-electron chi connectivity index (χ0n) is 17.7. The third kappa shape index (κ3) is 6.43. The number of carbonyl (C=O) groups excluding carboxylic acids is 1. The third-order valence-corrected chi connectivity index (χ3v) is 6.72. The standard InChI is InChI=1S/C22H28N2O6S/c1-17-3-5-20(6-4-17)30-18(2)22(25)23-11-14-29-19-7-9-21(10-8-19)31(26,27)24-12-15-28-16-13-24/h3-10,18H,11-16H2,1-2H3,(H,23,25)/t18-/m0/s1. The van der Waals surface area contributed by atoms with E-state index in [-0.39, 0.29) is 17.4 Å². The summed E-state index contributed by atoms with van der Waals surface area (Å²) in [4.78, 5) is 12.4. The second-order valence-corrected chi connectivity index (χ2v) is 9.14. The number of morpholine rings is 1. The maximum absolute atomic E-state index is 12.6. The molecule has 9 heteroatoms. The summed E-state index contributed by atoms with van der Waals surface area (Å²) >= 11 is 0. The van der Waals surface area contributed by atoms with Crippen LogP contribution in [0.3, 0.4) is 0 Å². The maximum Gasteiger partial charge on any atom is 0.260 e. The number of carbonyl (C=O) groups is 1. The molecule has 0 saturated carbocycles. The summed E-state index contributed by atoms with van der Waals surface area (Å²) in [5, 5.41) is 2.76. The Labute approximate surface area is 183 Å². The number of hydrogen-bond donors (Lipinski definition) is 1. The van der Waals surface area contributed by atoms with E-state index < -0.39 is 16.1 Å². The number of ether oxygens (including phenoxy) is 3. The molecule has 2 aromatic carbocycles. The van der Waals surface area contributed by atoms with Crippen molar-refractivity contribution in [2.75, 3.05) is 39.5 Å². The van der Waals surface area contributed by atoms with Crippen LogP contribution in [0.1, 0.15) is 12.5 Å². The molecule has 0 aliphatic carbocycles. The molecule has 1 fully saturated rings. The quantitative estimate of drug-likeness (QED) is 0.590. The Kier molecular flexibility index (Phi) is 7.89. The Balaban J connectivity index is 1.42. The third-order valence-electron chi connectivity index (χ3n) is 4.80. The number of sulfonamides is 1. The minimum absolute atomic E-state index is 0.220. The highest BCUT2D eigenvalue weighted by Crippen LogP contribution is 2.20. The number of nitrogens with zero attached hydrogens (tertiary/aromatic N) is 1. The van der Waals surface area contributed by atoms with E-state index in [0.717, 1.165) is 5.56 Å². The zero-order chi connectivity index (χ0) is 22.3. The molecule has 3 rings (SSSR count). The minimum Gasteiger partial charge on any atom is -0.492 e. The van der Waals surface area contributed by atoms with Gasteiger partial charge in [-0.15, -0.1) is 0 Å². The van der Waals surface area contributed by atoms with Gasteiger partial charge in [-0.05, 0) is 50.2 Å². The summed E-state index contributed by atoms with van der Waals surface area (Å²) in [6.07, 6.45) is -0.632. The summed E-state index contributed by atoms with van der Waals surface area (Å²) in [5.41, 5.74) is 1.12. The van der Waals surface area contributed by atoms with Crippen LogP contribution in [0.4, 0.5) is 0 Å². The first kappa shape index (κ1) is 23.1. The highest BCUT2D eigenvalue weighted by atomic mass is 32.2. The Hall–Kier alpha value is -2.62. The van der Waals surface area contributed by atoms with E-state index >= 15 is 0 Å². The lowest BCUT2D eigenvalue weighted by atomic mass is 10.2. The SMILES string of the molecule is Cc1ccc(O[C@@H](C)C(=O)NCCOc2ccc(S(=O)(=O)N3CCOCC3)cc2)cc1. The molecule has 1 atom stereocenters. The smallest absolute Gasteiger partial charge is 0.260 e. The molecule has 0 spiro atoms. The van der Waals surface area contributed by atoms with E-state index in [1.54, 1.807) is 19.1 Å². The molecule has 0 unspecified atom stereocenters. The molecule has 0 radical (unpaired) electrons. The van der Waals surface area contributed by atoms with Crippen molar-refractivity contribution in [3.05, 3.63) is 54.1 Å². The summed E-state index contributed by atoms with van der Waals surface area (Å²) in [6.45, 7) is 5.73. The second kappa shape index (κ2) is 10.6. The van der Waals surface area contributed by atoms with E-state index in [9.17, 15) is 13.2 Å². The fourth-order valence-electron chi connectivity index (χ4n) is 3.01. The lowest BCUT2D eigenvalue weighted by Crippen LogP contribution is -2.40. The van der Waals surface area contributed by atoms with E-state index in [0.29, 0.717) is 44.3 Å². The minimum atomic E-state index is -3.53.